The summed E-state index contributed by atoms with van der Waals surface area (Å²) in [7, 11) is -3.81. The molecule has 1 amide bonds. The molecule has 2 rings (SSSR count). The van der Waals surface area contributed by atoms with Crippen molar-refractivity contribution in [1.82, 2.24) is 5.48 Å². The Kier molecular flexibility index (Phi) is 4.98. The molecule has 0 aliphatic carbocycles. The van der Waals surface area contributed by atoms with Gasteiger partial charge in [0.1, 0.15) is 11.5 Å². The van der Waals surface area contributed by atoms with Crippen LogP contribution in [0.3, 0.4) is 0 Å². The zero-order valence-corrected chi connectivity index (χ0v) is 11.9. The van der Waals surface area contributed by atoms with E-state index in [2.05, 4.69) is 0 Å². The van der Waals surface area contributed by atoms with E-state index in [1.807, 2.05) is 0 Å². The highest BCUT2D eigenvalue weighted by atomic mass is 31.2. The van der Waals surface area contributed by atoms with Gasteiger partial charge in [-0.3, -0.25) is 10.0 Å². The summed E-state index contributed by atoms with van der Waals surface area (Å²) < 4.78 is 23.4. The van der Waals surface area contributed by atoms with Crippen LogP contribution >= 0.6 is 7.60 Å². The van der Waals surface area contributed by atoms with Crippen LogP contribution in [0.15, 0.2) is 60.7 Å². The fourth-order valence-corrected chi connectivity index (χ4v) is 3.05. The van der Waals surface area contributed by atoms with E-state index in [0.717, 1.165) is 0 Å². The zero-order chi connectivity index (χ0) is 15.1. The van der Waals surface area contributed by atoms with Gasteiger partial charge in [0, 0.05) is 0 Å². The first kappa shape index (κ1) is 15.1. The predicted molar refractivity (Wildman–Crippen MR) is 76.5 cm³/mol. The summed E-state index contributed by atoms with van der Waals surface area (Å²) in [4.78, 5) is 11.3. The first-order valence-electron chi connectivity index (χ1n) is 6.12. The van der Waals surface area contributed by atoms with E-state index in [1.54, 1.807) is 60.7 Å². The fourth-order valence-electron chi connectivity index (χ4n) is 1.58. The first-order chi connectivity index (χ1) is 10.1. The van der Waals surface area contributed by atoms with Crippen LogP contribution in [0.4, 0.5) is 0 Å². The molecule has 0 aromatic heterocycles. The molecule has 0 heterocycles. The van der Waals surface area contributed by atoms with Crippen LogP contribution in [0.25, 0.3) is 0 Å². The number of benzene rings is 2. The average Bonchev–Trinajstić information content (AvgIpc) is 2.48. The average molecular weight is 307 g/mol. The maximum absolute atomic E-state index is 12.7. The van der Waals surface area contributed by atoms with Crippen LogP contribution in [0.2, 0.25) is 0 Å². The Balaban J connectivity index is 2.21. The van der Waals surface area contributed by atoms with Gasteiger partial charge in [-0.1, -0.05) is 36.4 Å². The van der Waals surface area contributed by atoms with Gasteiger partial charge < -0.3 is 9.05 Å². The Morgan fingerprint density at radius 1 is 0.952 bits per heavy atom. The van der Waals surface area contributed by atoms with Gasteiger partial charge in [0.25, 0.3) is 5.91 Å². The molecule has 2 N–H and O–H groups in total. The molecule has 0 aliphatic heterocycles. The van der Waals surface area contributed by atoms with Crippen LogP contribution < -0.4 is 14.5 Å². The van der Waals surface area contributed by atoms with Crippen molar-refractivity contribution in [2.75, 3.05) is 6.16 Å². The molecule has 110 valence electrons. The molecule has 21 heavy (non-hydrogen) atoms. The lowest BCUT2D eigenvalue weighted by atomic mass is 10.3. The monoisotopic (exact) mass is 307 g/mol. The zero-order valence-electron chi connectivity index (χ0n) is 11.0. The minimum Gasteiger partial charge on any atom is -0.416 e. The molecule has 2 aromatic rings. The van der Waals surface area contributed by atoms with Crippen molar-refractivity contribution in [2.45, 2.75) is 0 Å². The van der Waals surface area contributed by atoms with Crippen molar-refractivity contribution in [3.63, 3.8) is 0 Å². The van der Waals surface area contributed by atoms with Gasteiger partial charge in [0.15, 0.2) is 6.16 Å². The summed E-state index contributed by atoms with van der Waals surface area (Å²) >= 11 is 0. The van der Waals surface area contributed by atoms with Crippen LogP contribution in [0, 0.1) is 0 Å². The van der Waals surface area contributed by atoms with E-state index in [4.69, 9.17) is 14.3 Å². The third-order valence-electron chi connectivity index (χ3n) is 2.44. The van der Waals surface area contributed by atoms with Gasteiger partial charge in [-0.25, -0.2) is 10.0 Å². The molecule has 6 nitrogen and oxygen atoms in total. The Morgan fingerprint density at radius 2 is 1.38 bits per heavy atom. The van der Waals surface area contributed by atoms with Crippen molar-refractivity contribution in [3.05, 3.63) is 60.7 Å². The highest BCUT2D eigenvalue weighted by Crippen LogP contribution is 2.48. The van der Waals surface area contributed by atoms with Crippen LogP contribution in [0.5, 0.6) is 11.5 Å². The number of rotatable bonds is 6. The Bertz CT molecular complexity index is 587. The van der Waals surface area contributed by atoms with E-state index in [1.165, 1.54) is 5.48 Å². The summed E-state index contributed by atoms with van der Waals surface area (Å²) in [6.07, 6.45) is -0.604. The number of para-hydroxylation sites is 2. The molecule has 0 radical (unpaired) electrons. The molecule has 0 bridgehead atoms. The lowest BCUT2D eigenvalue weighted by Crippen LogP contribution is -2.24. The van der Waals surface area contributed by atoms with Gasteiger partial charge in [0.2, 0.25) is 0 Å². The van der Waals surface area contributed by atoms with Crippen molar-refractivity contribution in [2.24, 2.45) is 0 Å². The van der Waals surface area contributed by atoms with E-state index < -0.39 is 19.7 Å². The van der Waals surface area contributed by atoms with E-state index in [0.29, 0.717) is 11.5 Å². The van der Waals surface area contributed by atoms with Gasteiger partial charge in [-0.2, -0.15) is 0 Å². The van der Waals surface area contributed by atoms with Gasteiger partial charge in [-0.15, -0.1) is 0 Å². The van der Waals surface area contributed by atoms with Crippen molar-refractivity contribution in [3.8, 4) is 11.5 Å². The van der Waals surface area contributed by atoms with E-state index >= 15 is 0 Å². The molecule has 0 atom stereocenters. The number of hydroxylamine groups is 1. The third kappa shape index (κ3) is 4.63. The van der Waals surface area contributed by atoms with Crippen LogP contribution in [-0.4, -0.2) is 17.3 Å². The Labute approximate surface area is 121 Å². The fraction of sp³-hybridized carbons (Fsp3) is 0.0714. The molecule has 0 spiro atoms. The molecule has 0 aliphatic rings. The maximum atomic E-state index is 12.7. The predicted octanol–water partition coefficient (Wildman–Crippen LogP) is 2.84. The van der Waals surface area contributed by atoms with E-state index in [9.17, 15) is 9.36 Å². The maximum Gasteiger partial charge on any atom is 0.440 e. The number of hydrogen-bond donors (Lipinski definition) is 2. The number of carbonyl (C=O) groups excluding carboxylic acids is 1. The number of carbonyl (C=O) groups is 1. The minimum absolute atomic E-state index is 0.308. The van der Waals surface area contributed by atoms with E-state index in [-0.39, 0.29) is 0 Å². The Morgan fingerprint density at radius 3 is 1.76 bits per heavy atom. The minimum atomic E-state index is -3.81. The highest BCUT2D eigenvalue weighted by molar-refractivity contribution is 7.55. The number of nitrogens with one attached hydrogen (secondary N) is 1. The Hall–Kier alpha value is -2.30. The molecule has 0 fully saturated rings. The second-order valence-corrected chi connectivity index (χ2v) is 6.02. The van der Waals surface area contributed by atoms with Gasteiger partial charge in [0.05, 0.1) is 0 Å². The lowest BCUT2D eigenvalue weighted by Gasteiger charge is -2.19. The largest absolute Gasteiger partial charge is 0.440 e. The van der Waals surface area contributed by atoms with Crippen molar-refractivity contribution < 1.29 is 23.6 Å². The summed E-state index contributed by atoms with van der Waals surface area (Å²) in [5, 5.41) is 8.60. The highest BCUT2D eigenvalue weighted by Gasteiger charge is 2.31. The molecule has 0 unspecified atom stereocenters. The summed E-state index contributed by atoms with van der Waals surface area (Å²) in [5.41, 5.74) is 1.42. The second kappa shape index (κ2) is 6.92. The first-order valence-corrected chi connectivity index (χ1v) is 7.85. The summed E-state index contributed by atoms with van der Waals surface area (Å²) in [6, 6.07) is 16.7. The summed E-state index contributed by atoms with van der Waals surface area (Å²) in [6.45, 7) is 0. The van der Waals surface area contributed by atoms with Gasteiger partial charge in [-0.05, 0) is 24.3 Å². The summed E-state index contributed by atoms with van der Waals surface area (Å²) in [5.74, 6) is -0.241. The number of amides is 1. The SMILES string of the molecule is O=C(CP(=O)(Oc1ccccc1)Oc1ccccc1)NO. The standard InChI is InChI=1S/C14H14NO5P/c16-14(15-17)11-21(18,19-12-7-3-1-4-8-12)20-13-9-5-2-6-10-13/h1-10,17H,11H2,(H,15,16). The lowest BCUT2D eigenvalue weighted by molar-refractivity contribution is -0.126. The molecular formula is C14H14NO5P. The van der Waals surface area contributed by atoms with Crippen molar-refractivity contribution in [1.29, 1.82) is 0 Å². The molecule has 0 saturated carbocycles. The normalized spacial score (nSPS) is 10.7. The molecule has 0 saturated heterocycles. The van der Waals surface area contributed by atoms with Crippen LogP contribution in [-0.2, 0) is 9.36 Å². The molecule has 7 heteroatoms. The van der Waals surface area contributed by atoms with Gasteiger partial charge >= 0.3 is 7.60 Å². The third-order valence-corrected chi connectivity index (χ3v) is 4.09. The molecule has 2 aromatic carbocycles. The van der Waals surface area contributed by atoms with Crippen molar-refractivity contribution >= 4 is 13.5 Å². The molecular weight excluding hydrogens is 293 g/mol. The quantitative estimate of drug-likeness (QED) is 0.487. The topological polar surface area (TPSA) is 84.9 Å². The smallest absolute Gasteiger partial charge is 0.416 e. The number of hydrogen-bond acceptors (Lipinski definition) is 5. The second-order valence-electron chi connectivity index (χ2n) is 4.11. The van der Waals surface area contributed by atoms with Crippen LogP contribution in [0.1, 0.15) is 0 Å².